The summed E-state index contributed by atoms with van der Waals surface area (Å²) >= 11 is 6.11. The van der Waals surface area contributed by atoms with Gasteiger partial charge in [0.2, 0.25) is 5.91 Å². The predicted octanol–water partition coefficient (Wildman–Crippen LogP) is 3.83. The quantitative estimate of drug-likeness (QED) is 0.729. The van der Waals surface area contributed by atoms with Crippen LogP contribution in [0.3, 0.4) is 0 Å². The Morgan fingerprint density at radius 1 is 1.33 bits per heavy atom. The van der Waals surface area contributed by atoms with Crippen molar-refractivity contribution in [1.82, 2.24) is 15.1 Å². The Bertz CT molecular complexity index is 942. The lowest BCUT2D eigenvalue weighted by Gasteiger charge is -2.32. The molecule has 1 fully saturated rings. The van der Waals surface area contributed by atoms with Gasteiger partial charge in [-0.3, -0.25) is 14.7 Å². The second kappa shape index (κ2) is 9.08. The monoisotopic (exact) mass is 430 g/mol. The van der Waals surface area contributed by atoms with E-state index in [4.69, 9.17) is 16.3 Å². The molecule has 1 saturated heterocycles. The third-order valence-electron chi connectivity index (χ3n) is 6.03. The average molecular weight is 431 g/mol. The summed E-state index contributed by atoms with van der Waals surface area (Å²) in [5.74, 6) is 0.866. The Balaban J connectivity index is 1.29. The Hall–Kier alpha value is -2.54. The fourth-order valence-corrected chi connectivity index (χ4v) is 4.69. The van der Waals surface area contributed by atoms with E-state index in [0.29, 0.717) is 41.0 Å². The van der Waals surface area contributed by atoms with E-state index >= 15 is 0 Å². The second-order valence-corrected chi connectivity index (χ2v) is 8.49. The van der Waals surface area contributed by atoms with Gasteiger partial charge in [0.25, 0.3) is 5.91 Å². The van der Waals surface area contributed by atoms with Crippen molar-refractivity contribution in [1.29, 1.82) is 0 Å². The zero-order valence-corrected chi connectivity index (χ0v) is 17.9. The molecule has 0 spiro atoms. The number of H-pyrrole nitrogens is 1. The summed E-state index contributed by atoms with van der Waals surface area (Å²) in [6, 6.07) is 5.18. The smallest absolute Gasteiger partial charge is 0.274 e. The van der Waals surface area contributed by atoms with Crippen LogP contribution in [0.5, 0.6) is 5.75 Å². The number of carbonyl (C=O) groups excluding carboxylic acids is 2. The molecule has 1 aliphatic carbocycles. The van der Waals surface area contributed by atoms with Gasteiger partial charge in [-0.1, -0.05) is 11.6 Å². The molecule has 8 heteroatoms. The number of hydrogen-bond donors (Lipinski definition) is 2. The number of nitrogens with zero attached hydrogens (tertiary/aromatic N) is 2. The fraction of sp³-hybridized carbons (Fsp3) is 0.500. The van der Waals surface area contributed by atoms with Crippen LogP contribution in [0.1, 0.15) is 53.8 Å². The van der Waals surface area contributed by atoms with Crippen LogP contribution < -0.4 is 10.1 Å². The lowest BCUT2D eigenvalue weighted by Crippen LogP contribution is -2.40. The van der Waals surface area contributed by atoms with Crippen LogP contribution in [0.25, 0.3) is 0 Å². The molecule has 4 rings (SSSR count). The highest BCUT2D eigenvalue weighted by molar-refractivity contribution is 6.32. The molecule has 2 aromatic rings. The molecule has 1 atom stereocenters. The van der Waals surface area contributed by atoms with Gasteiger partial charge in [0.1, 0.15) is 5.75 Å². The molecule has 1 aromatic heterocycles. The maximum atomic E-state index is 13.0. The van der Waals surface area contributed by atoms with Gasteiger partial charge in [0.05, 0.1) is 12.1 Å². The minimum Gasteiger partial charge on any atom is -0.495 e. The van der Waals surface area contributed by atoms with Gasteiger partial charge in [0.15, 0.2) is 5.69 Å². The van der Waals surface area contributed by atoms with Crippen LogP contribution in [0.15, 0.2) is 18.2 Å². The standard InChI is InChI=1S/C22H27ClN4O3/c1-30-19-9-8-15(12-17(19)23)24-20(28)10-7-14-4-3-11-27(13-14)22(29)21-16-5-2-6-18(16)25-26-21/h8-9,12,14H,2-7,10-11,13H2,1H3,(H,24,28)(H,25,26)/t14-/m1/s1. The van der Waals surface area contributed by atoms with Gasteiger partial charge >= 0.3 is 0 Å². The molecule has 1 aliphatic heterocycles. The van der Waals surface area contributed by atoms with E-state index in [-0.39, 0.29) is 11.8 Å². The largest absolute Gasteiger partial charge is 0.495 e. The predicted molar refractivity (Wildman–Crippen MR) is 115 cm³/mol. The first kappa shape index (κ1) is 20.7. The van der Waals surface area contributed by atoms with Gasteiger partial charge in [0, 0.05) is 36.5 Å². The van der Waals surface area contributed by atoms with Crippen molar-refractivity contribution in [3.05, 3.63) is 40.2 Å². The number of halogens is 1. The molecule has 2 N–H and O–H groups in total. The zero-order valence-electron chi connectivity index (χ0n) is 17.2. The molecule has 0 bridgehead atoms. The number of benzene rings is 1. The van der Waals surface area contributed by atoms with Crippen molar-refractivity contribution in [2.75, 3.05) is 25.5 Å². The molecule has 2 aliphatic rings. The summed E-state index contributed by atoms with van der Waals surface area (Å²) in [5.41, 5.74) is 3.46. The van der Waals surface area contributed by atoms with Crippen LogP contribution >= 0.6 is 11.6 Å². The SMILES string of the molecule is COc1ccc(NC(=O)CC[C@H]2CCCN(C(=O)c3n[nH]c4c3CCC4)C2)cc1Cl. The van der Waals surface area contributed by atoms with Gasteiger partial charge < -0.3 is 15.0 Å². The first-order valence-electron chi connectivity index (χ1n) is 10.5. The minimum absolute atomic E-state index is 0.0245. The van der Waals surface area contributed by atoms with Crippen molar-refractivity contribution in [3.8, 4) is 5.75 Å². The van der Waals surface area contributed by atoms with Crippen LogP contribution in [0.2, 0.25) is 5.02 Å². The van der Waals surface area contributed by atoms with E-state index in [2.05, 4.69) is 15.5 Å². The van der Waals surface area contributed by atoms with Crippen molar-refractivity contribution in [2.45, 2.75) is 44.9 Å². The third-order valence-corrected chi connectivity index (χ3v) is 6.33. The number of aromatic nitrogens is 2. The Morgan fingerprint density at radius 2 is 2.20 bits per heavy atom. The number of carbonyl (C=O) groups is 2. The topological polar surface area (TPSA) is 87.3 Å². The summed E-state index contributed by atoms with van der Waals surface area (Å²) in [5, 5.41) is 10.6. The summed E-state index contributed by atoms with van der Waals surface area (Å²) in [6.07, 6.45) is 6.14. The van der Waals surface area contributed by atoms with Gasteiger partial charge in [-0.25, -0.2) is 0 Å². The lowest BCUT2D eigenvalue weighted by atomic mass is 9.93. The number of rotatable bonds is 6. The summed E-state index contributed by atoms with van der Waals surface area (Å²) in [4.78, 5) is 27.2. The number of hydrogen-bond acceptors (Lipinski definition) is 4. The van der Waals surface area contributed by atoms with Crippen molar-refractivity contribution in [2.24, 2.45) is 5.92 Å². The number of nitrogens with one attached hydrogen (secondary N) is 2. The highest BCUT2D eigenvalue weighted by Gasteiger charge is 2.30. The Morgan fingerprint density at radius 3 is 3.00 bits per heavy atom. The molecule has 30 heavy (non-hydrogen) atoms. The number of likely N-dealkylation sites (tertiary alicyclic amines) is 1. The first-order valence-corrected chi connectivity index (χ1v) is 10.9. The molecule has 0 radical (unpaired) electrons. The van der Waals surface area contributed by atoms with Gasteiger partial charge in [-0.05, 0) is 62.6 Å². The van der Waals surface area contributed by atoms with Crippen LogP contribution in [-0.2, 0) is 17.6 Å². The van der Waals surface area contributed by atoms with E-state index in [1.54, 1.807) is 25.3 Å². The lowest BCUT2D eigenvalue weighted by molar-refractivity contribution is -0.116. The number of fused-ring (bicyclic) bond motifs is 1. The maximum Gasteiger partial charge on any atom is 0.274 e. The van der Waals surface area contributed by atoms with Crippen molar-refractivity contribution < 1.29 is 14.3 Å². The number of methoxy groups -OCH3 is 1. The van der Waals surface area contributed by atoms with E-state index in [1.165, 1.54) is 0 Å². The van der Waals surface area contributed by atoms with Crippen LogP contribution in [0.4, 0.5) is 5.69 Å². The van der Waals surface area contributed by atoms with Crippen molar-refractivity contribution >= 4 is 29.1 Å². The highest BCUT2D eigenvalue weighted by atomic mass is 35.5. The van der Waals surface area contributed by atoms with Crippen LogP contribution in [0, 0.1) is 5.92 Å². The molecule has 7 nitrogen and oxygen atoms in total. The Kier molecular flexibility index (Phi) is 6.27. The molecule has 160 valence electrons. The number of ether oxygens (including phenoxy) is 1. The normalized spacial score (nSPS) is 18.2. The van der Waals surface area contributed by atoms with Crippen molar-refractivity contribution in [3.63, 3.8) is 0 Å². The fourth-order valence-electron chi connectivity index (χ4n) is 4.43. The molecule has 1 aromatic carbocycles. The average Bonchev–Trinajstić information content (AvgIpc) is 3.36. The number of anilines is 1. The number of piperidine rings is 1. The van der Waals surface area contributed by atoms with Gasteiger partial charge in [-0.15, -0.1) is 0 Å². The second-order valence-electron chi connectivity index (χ2n) is 8.08. The first-order chi connectivity index (χ1) is 14.5. The molecule has 2 amide bonds. The zero-order chi connectivity index (χ0) is 21.1. The highest BCUT2D eigenvalue weighted by Crippen LogP contribution is 2.28. The minimum atomic E-state index is -0.0511. The Labute approximate surface area is 181 Å². The third kappa shape index (κ3) is 4.46. The molecule has 2 heterocycles. The van der Waals surface area contributed by atoms with E-state index in [9.17, 15) is 9.59 Å². The van der Waals surface area contributed by atoms with Crippen LogP contribution in [-0.4, -0.2) is 47.1 Å². The van der Waals surface area contributed by atoms with E-state index < -0.39 is 0 Å². The van der Waals surface area contributed by atoms with E-state index in [1.807, 2.05) is 4.90 Å². The van der Waals surface area contributed by atoms with Gasteiger partial charge in [-0.2, -0.15) is 5.10 Å². The number of amides is 2. The molecular weight excluding hydrogens is 404 g/mol. The number of aryl methyl sites for hydroxylation is 1. The molecule has 0 unspecified atom stereocenters. The van der Waals surface area contributed by atoms with E-state index in [0.717, 1.165) is 56.3 Å². The number of aromatic amines is 1. The summed E-state index contributed by atoms with van der Waals surface area (Å²) in [7, 11) is 1.55. The maximum absolute atomic E-state index is 13.0. The molecular formula is C22H27ClN4O3. The summed E-state index contributed by atoms with van der Waals surface area (Å²) < 4.78 is 5.13. The molecule has 0 saturated carbocycles. The summed E-state index contributed by atoms with van der Waals surface area (Å²) in [6.45, 7) is 1.44.